The topological polar surface area (TPSA) is 98.8 Å². The van der Waals surface area contributed by atoms with Crippen molar-refractivity contribution in [2.24, 2.45) is 5.10 Å². The van der Waals surface area contributed by atoms with Gasteiger partial charge in [0.1, 0.15) is 17.3 Å². The molecule has 0 atom stereocenters. The number of halogens is 1. The molecule has 1 amide bonds. The highest BCUT2D eigenvalue weighted by molar-refractivity contribution is 7.17. The molecule has 0 bridgehead atoms. The summed E-state index contributed by atoms with van der Waals surface area (Å²) in [5.41, 5.74) is 9.96. The first-order valence-electron chi connectivity index (χ1n) is 9.73. The van der Waals surface area contributed by atoms with Crippen molar-refractivity contribution in [3.05, 3.63) is 70.0 Å². The number of ether oxygens (including phenoxy) is 2. The SMILES string of the molecule is CCOc1cc(/C=N\NC(=O)c2sc(N)nc2CC)ccc1OCc1ccccc1F. The first-order chi connectivity index (χ1) is 15.0. The number of hydrogen-bond acceptors (Lipinski definition) is 7. The number of rotatable bonds is 9. The van der Waals surface area contributed by atoms with Crippen molar-refractivity contribution in [3.8, 4) is 11.5 Å². The highest BCUT2D eigenvalue weighted by Crippen LogP contribution is 2.29. The van der Waals surface area contributed by atoms with Gasteiger partial charge in [0.2, 0.25) is 0 Å². The standard InChI is InChI=1S/C22H23FN4O3S/c1-3-17-20(31-22(24)26-17)21(28)27-25-12-14-9-10-18(19(11-14)29-4-2)30-13-15-7-5-6-8-16(15)23/h5-12H,3-4,13H2,1-2H3,(H2,24,26)(H,27,28)/b25-12-. The molecule has 0 aliphatic carbocycles. The lowest BCUT2D eigenvalue weighted by Crippen LogP contribution is -2.17. The Morgan fingerprint density at radius 1 is 1.23 bits per heavy atom. The van der Waals surface area contributed by atoms with E-state index in [2.05, 4.69) is 15.5 Å². The Balaban J connectivity index is 1.68. The van der Waals surface area contributed by atoms with E-state index in [-0.39, 0.29) is 18.3 Å². The van der Waals surface area contributed by atoms with E-state index in [1.54, 1.807) is 36.4 Å². The lowest BCUT2D eigenvalue weighted by atomic mass is 10.2. The van der Waals surface area contributed by atoms with Gasteiger partial charge in [0.25, 0.3) is 5.91 Å². The largest absolute Gasteiger partial charge is 0.490 e. The number of anilines is 1. The van der Waals surface area contributed by atoms with Crippen LogP contribution in [0.1, 0.15) is 40.3 Å². The third-order valence-corrected chi connectivity index (χ3v) is 5.17. The van der Waals surface area contributed by atoms with Gasteiger partial charge in [-0.15, -0.1) is 0 Å². The van der Waals surface area contributed by atoms with E-state index in [1.165, 1.54) is 12.3 Å². The average Bonchev–Trinajstić information content (AvgIpc) is 3.15. The number of benzene rings is 2. The highest BCUT2D eigenvalue weighted by Gasteiger charge is 2.15. The van der Waals surface area contributed by atoms with Crippen LogP contribution in [0.3, 0.4) is 0 Å². The summed E-state index contributed by atoms with van der Waals surface area (Å²) in [6.45, 7) is 4.27. The molecule has 3 rings (SSSR count). The van der Waals surface area contributed by atoms with Crippen LogP contribution in [-0.4, -0.2) is 23.7 Å². The molecule has 3 N–H and O–H groups in total. The van der Waals surface area contributed by atoms with Crippen molar-refractivity contribution in [2.45, 2.75) is 26.9 Å². The molecule has 0 spiro atoms. The van der Waals surface area contributed by atoms with E-state index < -0.39 is 0 Å². The fraction of sp³-hybridized carbons (Fsp3) is 0.227. The summed E-state index contributed by atoms with van der Waals surface area (Å²) in [5, 5.41) is 4.35. The zero-order valence-corrected chi connectivity index (χ0v) is 18.0. The second-order valence-corrected chi connectivity index (χ2v) is 7.43. The summed E-state index contributed by atoms with van der Waals surface area (Å²) in [6, 6.07) is 11.6. The van der Waals surface area contributed by atoms with Gasteiger partial charge in [0.15, 0.2) is 16.6 Å². The number of nitrogens with two attached hydrogens (primary N) is 1. The van der Waals surface area contributed by atoms with Gasteiger partial charge < -0.3 is 15.2 Å². The Morgan fingerprint density at radius 2 is 2.03 bits per heavy atom. The van der Waals surface area contributed by atoms with Crippen molar-refractivity contribution in [3.63, 3.8) is 0 Å². The molecule has 0 fully saturated rings. The molecule has 3 aromatic rings. The van der Waals surface area contributed by atoms with Crippen LogP contribution in [0.5, 0.6) is 11.5 Å². The zero-order valence-electron chi connectivity index (χ0n) is 17.2. The van der Waals surface area contributed by atoms with Crippen LogP contribution >= 0.6 is 11.3 Å². The summed E-state index contributed by atoms with van der Waals surface area (Å²) < 4.78 is 25.2. The van der Waals surface area contributed by atoms with E-state index in [9.17, 15) is 9.18 Å². The van der Waals surface area contributed by atoms with Crippen LogP contribution in [-0.2, 0) is 13.0 Å². The smallest absolute Gasteiger partial charge is 0.283 e. The molecule has 0 aliphatic heterocycles. The lowest BCUT2D eigenvalue weighted by Gasteiger charge is -2.13. The third kappa shape index (κ3) is 5.79. The lowest BCUT2D eigenvalue weighted by molar-refractivity contribution is 0.0958. The second-order valence-electron chi connectivity index (χ2n) is 6.40. The molecule has 162 valence electrons. The molecule has 0 unspecified atom stereocenters. The van der Waals surface area contributed by atoms with Crippen molar-refractivity contribution < 1.29 is 18.7 Å². The number of aryl methyl sites for hydroxylation is 1. The first kappa shape index (κ1) is 22.2. The number of hydrogen-bond donors (Lipinski definition) is 2. The maximum absolute atomic E-state index is 13.8. The number of carbonyl (C=O) groups excluding carboxylic acids is 1. The summed E-state index contributed by atoms with van der Waals surface area (Å²) in [5.74, 6) is 0.294. The van der Waals surface area contributed by atoms with Crippen LogP contribution in [0.25, 0.3) is 0 Å². The number of hydrazone groups is 1. The number of nitrogens with one attached hydrogen (secondary N) is 1. The third-order valence-electron chi connectivity index (χ3n) is 4.24. The number of carbonyl (C=O) groups is 1. The van der Waals surface area contributed by atoms with Gasteiger partial charge in [-0.3, -0.25) is 4.79 Å². The minimum atomic E-state index is -0.364. The van der Waals surface area contributed by atoms with Gasteiger partial charge in [-0.05, 0) is 43.2 Å². The number of thiazole rings is 1. The summed E-state index contributed by atoms with van der Waals surface area (Å²) in [4.78, 5) is 16.9. The molecule has 0 saturated heterocycles. The van der Waals surface area contributed by atoms with Crippen molar-refractivity contribution in [1.82, 2.24) is 10.4 Å². The molecular weight excluding hydrogens is 419 g/mol. The van der Waals surface area contributed by atoms with Gasteiger partial charge in [0.05, 0.1) is 18.5 Å². The van der Waals surface area contributed by atoms with Crippen LogP contribution in [0.4, 0.5) is 9.52 Å². The summed E-state index contributed by atoms with van der Waals surface area (Å²) in [7, 11) is 0. The second kappa shape index (κ2) is 10.5. The number of nitrogen functional groups attached to an aromatic ring is 1. The van der Waals surface area contributed by atoms with Crippen molar-refractivity contribution >= 4 is 28.6 Å². The molecule has 1 heterocycles. The van der Waals surface area contributed by atoms with Crippen LogP contribution < -0.4 is 20.6 Å². The normalized spacial score (nSPS) is 10.9. The van der Waals surface area contributed by atoms with E-state index in [0.29, 0.717) is 51.4 Å². The highest BCUT2D eigenvalue weighted by atomic mass is 32.1. The Labute approximate surface area is 183 Å². The zero-order chi connectivity index (χ0) is 22.2. The molecule has 1 aromatic heterocycles. The van der Waals surface area contributed by atoms with E-state index in [1.807, 2.05) is 13.8 Å². The molecule has 7 nitrogen and oxygen atoms in total. The molecule has 31 heavy (non-hydrogen) atoms. The summed E-state index contributed by atoms with van der Waals surface area (Å²) >= 11 is 1.13. The van der Waals surface area contributed by atoms with Gasteiger partial charge >= 0.3 is 0 Å². The Morgan fingerprint density at radius 3 is 2.77 bits per heavy atom. The quantitative estimate of drug-likeness (QED) is 0.383. The van der Waals surface area contributed by atoms with Gasteiger partial charge in [-0.2, -0.15) is 5.10 Å². The number of aromatic nitrogens is 1. The summed E-state index contributed by atoms with van der Waals surface area (Å²) in [6.07, 6.45) is 2.10. The maximum Gasteiger partial charge on any atom is 0.283 e. The Kier molecular flexibility index (Phi) is 7.55. The van der Waals surface area contributed by atoms with Crippen molar-refractivity contribution in [2.75, 3.05) is 12.3 Å². The number of amides is 1. The Hall–Kier alpha value is -3.46. The molecule has 0 aliphatic rings. The Bertz CT molecular complexity index is 1080. The fourth-order valence-electron chi connectivity index (χ4n) is 2.77. The predicted octanol–water partition coefficient (Wildman–Crippen LogP) is 4.17. The van der Waals surface area contributed by atoms with Gasteiger partial charge in [0, 0.05) is 5.56 Å². The van der Waals surface area contributed by atoms with E-state index in [4.69, 9.17) is 15.2 Å². The van der Waals surface area contributed by atoms with Gasteiger partial charge in [-0.1, -0.05) is 36.5 Å². The van der Waals surface area contributed by atoms with Gasteiger partial charge in [-0.25, -0.2) is 14.8 Å². The minimum absolute atomic E-state index is 0.0774. The number of nitrogens with zero attached hydrogens (tertiary/aromatic N) is 2. The monoisotopic (exact) mass is 442 g/mol. The van der Waals surface area contributed by atoms with Crippen LogP contribution in [0.2, 0.25) is 0 Å². The molecule has 2 aromatic carbocycles. The first-order valence-corrected chi connectivity index (χ1v) is 10.5. The molecular formula is C22H23FN4O3S. The van der Waals surface area contributed by atoms with Crippen LogP contribution in [0.15, 0.2) is 47.6 Å². The van der Waals surface area contributed by atoms with Crippen LogP contribution in [0, 0.1) is 5.82 Å². The fourth-order valence-corrected chi connectivity index (χ4v) is 3.58. The van der Waals surface area contributed by atoms with E-state index in [0.717, 1.165) is 11.3 Å². The molecule has 0 saturated carbocycles. The maximum atomic E-state index is 13.8. The molecule has 9 heteroatoms. The van der Waals surface area contributed by atoms with E-state index >= 15 is 0 Å². The minimum Gasteiger partial charge on any atom is -0.490 e. The van der Waals surface area contributed by atoms with Crippen molar-refractivity contribution in [1.29, 1.82) is 0 Å². The molecule has 0 radical (unpaired) electrons. The predicted molar refractivity (Wildman–Crippen MR) is 119 cm³/mol. The average molecular weight is 443 g/mol.